The van der Waals surface area contributed by atoms with Crippen LogP contribution in [0.5, 0.6) is 5.75 Å². The third-order valence-corrected chi connectivity index (χ3v) is 6.34. The smallest absolute Gasteiger partial charge is 0.270 e. The largest absolute Gasteiger partial charge is 0.487 e. The predicted molar refractivity (Wildman–Crippen MR) is 129 cm³/mol. The average Bonchev–Trinajstić information content (AvgIpc) is 3.02. The lowest BCUT2D eigenvalue weighted by Crippen LogP contribution is -2.28. The monoisotopic (exact) mass is 469 g/mol. The number of hydrogen-bond acceptors (Lipinski definition) is 4. The number of thiocarbonyl (C=S) groups is 1. The molecule has 7 heteroatoms. The number of carbonyl (C=O) groups is 1. The summed E-state index contributed by atoms with van der Waals surface area (Å²) in [5.41, 5.74) is 2.94. The average molecular weight is 470 g/mol. The molecule has 1 aliphatic heterocycles. The lowest BCUT2D eigenvalue weighted by Gasteiger charge is -2.16. The maximum atomic E-state index is 13.8. The number of thioether (sulfide) groups is 1. The number of halogens is 2. The summed E-state index contributed by atoms with van der Waals surface area (Å²) in [7, 11) is 0. The second-order valence-electron chi connectivity index (χ2n) is 6.87. The molecule has 31 heavy (non-hydrogen) atoms. The number of ether oxygens (including phenoxy) is 1. The molecule has 4 rings (SSSR count). The SMILES string of the molecule is Cc1ccccc1N1C(=O)/C(=C/c2ccc(OCc3ccccc3F)c(Cl)c2)SC1=S. The fourth-order valence-electron chi connectivity index (χ4n) is 3.14. The van der Waals surface area contributed by atoms with Gasteiger partial charge in [-0.3, -0.25) is 9.69 Å². The molecular weight excluding hydrogens is 453 g/mol. The van der Waals surface area contributed by atoms with Crippen LogP contribution in [0.4, 0.5) is 10.1 Å². The van der Waals surface area contributed by atoms with Gasteiger partial charge >= 0.3 is 0 Å². The van der Waals surface area contributed by atoms with Crippen molar-refractivity contribution in [1.82, 2.24) is 0 Å². The van der Waals surface area contributed by atoms with Gasteiger partial charge in [0.25, 0.3) is 5.91 Å². The fraction of sp³-hybridized carbons (Fsp3) is 0.0833. The predicted octanol–water partition coefficient (Wildman–Crippen LogP) is 6.77. The zero-order valence-corrected chi connectivity index (χ0v) is 18.9. The highest BCUT2D eigenvalue weighted by Crippen LogP contribution is 2.38. The molecule has 0 radical (unpaired) electrons. The fourth-order valence-corrected chi connectivity index (χ4v) is 4.66. The second kappa shape index (κ2) is 9.22. The molecule has 0 spiro atoms. The van der Waals surface area contributed by atoms with Crippen molar-refractivity contribution in [1.29, 1.82) is 0 Å². The highest BCUT2D eigenvalue weighted by atomic mass is 35.5. The Bertz CT molecular complexity index is 1210. The van der Waals surface area contributed by atoms with E-state index < -0.39 is 0 Å². The van der Waals surface area contributed by atoms with E-state index in [0.717, 1.165) is 16.8 Å². The van der Waals surface area contributed by atoms with E-state index in [2.05, 4.69) is 0 Å². The maximum Gasteiger partial charge on any atom is 0.270 e. The normalized spacial score (nSPS) is 15.1. The van der Waals surface area contributed by atoms with Crippen LogP contribution in [-0.4, -0.2) is 10.2 Å². The summed E-state index contributed by atoms with van der Waals surface area (Å²) < 4.78 is 19.9. The Hall–Kier alpha value is -2.67. The zero-order chi connectivity index (χ0) is 22.0. The van der Waals surface area contributed by atoms with Crippen molar-refractivity contribution < 1.29 is 13.9 Å². The number of hydrogen-bond donors (Lipinski definition) is 0. The minimum atomic E-state index is -0.328. The summed E-state index contributed by atoms with van der Waals surface area (Å²) in [5.74, 6) is -0.0549. The van der Waals surface area contributed by atoms with E-state index in [9.17, 15) is 9.18 Å². The van der Waals surface area contributed by atoms with Crippen LogP contribution in [-0.2, 0) is 11.4 Å². The molecule has 1 saturated heterocycles. The molecule has 0 bridgehead atoms. The molecule has 0 aliphatic carbocycles. The van der Waals surface area contributed by atoms with E-state index in [1.807, 2.05) is 31.2 Å². The van der Waals surface area contributed by atoms with E-state index in [0.29, 0.717) is 25.6 Å². The van der Waals surface area contributed by atoms with Crippen molar-refractivity contribution in [3.05, 3.63) is 99.2 Å². The van der Waals surface area contributed by atoms with E-state index in [1.54, 1.807) is 47.4 Å². The van der Waals surface area contributed by atoms with Crippen molar-refractivity contribution in [2.24, 2.45) is 0 Å². The molecule has 0 unspecified atom stereocenters. The topological polar surface area (TPSA) is 29.5 Å². The Labute approximate surface area is 194 Å². The number of amides is 1. The molecule has 3 nitrogen and oxygen atoms in total. The van der Waals surface area contributed by atoms with Crippen LogP contribution >= 0.6 is 35.6 Å². The van der Waals surface area contributed by atoms with Crippen LogP contribution in [0.3, 0.4) is 0 Å². The summed E-state index contributed by atoms with van der Waals surface area (Å²) in [6.45, 7) is 2.01. The number of rotatable bonds is 5. The quantitative estimate of drug-likeness (QED) is 0.304. The Morgan fingerprint density at radius 1 is 1.13 bits per heavy atom. The van der Waals surface area contributed by atoms with Gasteiger partial charge in [-0.2, -0.15) is 0 Å². The number of aryl methyl sites for hydroxylation is 1. The molecule has 1 fully saturated rings. The summed E-state index contributed by atoms with van der Waals surface area (Å²) in [4.78, 5) is 15.0. The Kier molecular flexibility index (Phi) is 6.41. The molecule has 0 aromatic heterocycles. The van der Waals surface area contributed by atoms with Crippen LogP contribution < -0.4 is 9.64 Å². The molecule has 1 aliphatic rings. The second-order valence-corrected chi connectivity index (χ2v) is 8.96. The first kappa shape index (κ1) is 21.6. The molecule has 0 saturated carbocycles. The number of nitrogens with zero attached hydrogens (tertiary/aromatic N) is 1. The third kappa shape index (κ3) is 4.66. The first-order chi connectivity index (χ1) is 14.9. The molecule has 1 heterocycles. The third-order valence-electron chi connectivity index (χ3n) is 4.74. The summed E-state index contributed by atoms with van der Waals surface area (Å²) in [6.07, 6.45) is 1.75. The van der Waals surface area contributed by atoms with Crippen molar-refractivity contribution in [2.75, 3.05) is 4.90 Å². The van der Waals surface area contributed by atoms with Crippen LogP contribution in [0.2, 0.25) is 5.02 Å². The van der Waals surface area contributed by atoms with Gasteiger partial charge in [0.2, 0.25) is 0 Å². The van der Waals surface area contributed by atoms with Gasteiger partial charge in [0.05, 0.1) is 15.6 Å². The molecule has 0 atom stereocenters. The number of para-hydroxylation sites is 1. The van der Waals surface area contributed by atoms with Gasteiger partial charge in [0, 0.05) is 5.56 Å². The highest BCUT2D eigenvalue weighted by Gasteiger charge is 2.33. The first-order valence-corrected chi connectivity index (χ1v) is 11.0. The van der Waals surface area contributed by atoms with Crippen LogP contribution in [0.25, 0.3) is 6.08 Å². The molecule has 3 aromatic carbocycles. The summed E-state index contributed by atoms with van der Waals surface area (Å²) >= 11 is 13.0. The first-order valence-electron chi connectivity index (χ1n) is 9.43. The van der Waals surface area contributed by atoms with E-state index in [1.165, 1.54) is 17.8 Å². The lowest BCUT2D eigenvalue weighted by molar-refractivity contribution is -0.113. The van der Waals surface area contributed by atoms with Gasteiger partial charge in [0.15, 0.2) is 4.32 Å². The minimum absolute atomic E-state index is 0.0703. The van der Waals surface area contributed by atoms with Crippen molar-refractivity contribution >= 4 is 57.6 Å². The number of carbonyl (C=O) groups excluding carboxylic acids is 1. The lowest BCUT2D eigenvalue weighted by atomic mass is 10.1. The van der Waals surface area contributed by atoms with Gasteiger partial charge < -0.3 is 4.74 Å². The van der Waals surface area contributed by atoms with E-state index in [-0.39, 0.29) is 18.3 Å². The Morgan fingerprint density at radius 3 is 2.61 bits per heavy atom. The van der Waals surface area contributed by atoms with Gasteiger partial charge in [-0.1, -0.05) is 78.0 Å². The molecule has 1 amide bonds. The van der Waals surface area contributed by atoms with E-state index in [4.69, 9.17) is 28.6 Å². The molecular formula is C24H17ClFNO2S2. The van der Waals surface area contributed by atoms with Gasteiger partial charge in [-0.25, -0.2) is 4.39 Å². The van der Waals surface area contributed by atoms with Gasteiger partial charge in [-0.15, -0.1) is 0 Å². The van der Waals surface area contributed by atoms with Crippen LogP contribution in [0.15, 0.2) is 71.6 Å². The van der Waals surface area contributed by atoms with Crippen molar-refractivity contribution in [3.8, 4) is 5.75 Å². The molecule has 0 N–H and O–H groups in total. The summed E-state index contributed by atoms with van der Waals surface area (Å²) in [5, 5.41) is 0.375. The highest BCUT2D eigenvalue weighted by molar-refractivity contribution is 8.27. The van der Waals surface area contributed by atoms with Gasteiger partial charge in [-0.05, 0) is 48.4 Å². The van der Waals surface area contributed by atoms with Crippen molar-refractivity contribution in [2.45, 2.75) is 13.5 Å². The van der Waals surface area contributed by atoms with Crippen LogP contribution in [0, 0.1) is 12.7 Å². The standard InChI is InChI=1S/C24H17ClFNO2S2/c1-15-6-2-5-9-20(15)27-23(28)22(31-24(27)30)13-16-10-11-21(18(25)12-16)29-14-17-7-3-4-8-19(17)26/h2-13H,14H2,1H3/b22-13-. The van der Waals surface area contributed by atoms with Crippen LogP contribution in [0.1, 0.15) is 16.7 Å². The van der Waals surface area contributed by atoms with Crippen molar-refractivity contribution in [3.63, 3.8) is 0 Å². The minimum Gasteiger partial charge on any atom is -0.487 e. The maximum absolute atomic E-state index is 13.8. The Balaban J connectivity index is 1.52. The zero-order valence-electron chi connectivity index (χ0n) is 16.5. The number of anilines is 1. The number of benzene rings is 3. The molecule has 156 valence electrons. The Morgan fingerprint density at radius 2 is 1.87 bits per heavy atom. The summed E-state index contributed by atoms with van der Waals surface area (Å²) in [6, 6.07) is 19.2. The van der Waals surface area contributed by atoms with Gasteiger partial charge in [0.1, 0.15) is 18.2 Å². The molecule has 3 aromatic rings. The van der Waals surface area contributed by atoms with E-state index >= 15 is 0 Å².